The minimum absolute atomic E-state index is 0.0481. The van der Waals surface area contributed by atoms with Gasteiger partial charge in [-0.1, -0.05) is 24.3 Å². The second-order valence-electron chi connectivity index (χ2n) is 6.23. The highest BCUT2D eigenvalue weighted by Crippen LogP contribution is 2.19. The lowest BCUT2D eigenvalue weighted by Gasteiger charge is -2.11. The summed E-state index contributed by atoms with van der Waals surface area (Å²) < 4.78 is 17.9. The van der Waals surface area contributed by atoms with E-state index in [1.165, 1.54) is 33.9 Å². The van der Waals surface area contributed by atoms with Gasteiger partial charge < -0.3 is 5.73 Å². The molecule has 0 fully saturated rings. The molecule has 0 unspecified atom stereocenters. The zero-order valence-corrected chi connectivity index (χ0v) is 15.8. The highest BCUT2D eigenvalue weighted by Gasteiger charge is 2.15. The van der Waals surface area contributed by atoms with E-state index in [9.17, 15) is 4.79 Å². The average Bonchev–Trinajstić information content (AvgIpc) is 3.30. The van der Waals surface area contributed by atoms with Crippen LogP contribution in [0.3, 0.4) is 0 Å². The second-order valence-corrected chi connectivity index (χ2v) is 6.23. The zero-order chi connectivity index (χ0) is 20.9. The number of benzene rings is 2. The van der Waals surface area contributed by atoms with Crippen LogP contribution in [-0.4, -0.2) is 25.3 Å². The van der Waals surface area contributed by atoms with E-state index in [1.807, 2.05) is 18.2 Å². The predicted octanol–water partition coefficient (Wildman–Crippen LogP) is 3.15. The molecule has 2 heterocycles. The Morgan fingerprint density at radius 3 is 2.43 bits per heavy atom. The van der Waals surface area contributed by atoms with Gasteiger partial charge in [0, 0.05) is 24.7 Å². The quantitative estimate of drug-likeness (QED) is 0.521. The molecule has 0 atom stereocenters. The first-order chi connectivity index (χ1) is 14.7. The smallest absolute Gasteiger partial charge is 0.209 e. The standard InChI is InChI=1S/C22H17FN6O/c23-21-18(28-14-5-13-25-28)8-4-9-19(21)29-15-11-20(30)22(27-29)17(10-12-24)26-16-6-2-1-3-7-16/h1-15H,24H2. The van der Waals surface area contributed by atoms with Gasteiger partial charge >= 0.3 is 0 Å². The summed E-state index contributed by atoms with van der Waals surface area (Å²) in [4.78, 5) is 17.0. The molecule has 0 saturated heterocycles. The minimum Gasteiger partial charge on any atom is -0.405 e. The van der Waals surface area contributed by atoms with Crippen LogP contribution in [0.2, 0.25) is 0 Å². The van der Waals surface area contributed by atoms with Crippen LogP contribution in [0.4, 0.5) is 10.1 Å². The number of hydrogen-bond acceptors (Lipinski definition) is 5. The first kappa shape index (κ1) is 19.0. The van der Waals surface area contributed by atoms with Gasteiger partial charge in [0.1, 0.15) is 11.4 Å². The van der Waals surface area contributed by atoms with Crippen LogP contribution in [0.15, 0.2) is 101 Å². The fourth-order valence-electron chi connectivity index (χ4n) is 2.89. The summed E-state index contributed by atoms with van der Waals surface area (Å²) >= 11 is 0. The molecule has 30 heavy (non-hydrogen) atoms. The van der Waals surface area contributed by atoms with Gasteiger partial charge in [-0.05, 0) is 42.6 Å². The van der Waals surface area contributed by atoms with Crippen molar-refractivity contribution < 1.29 is 4.39 Å². The van der Waals surface area contributed by atoms with E-state index in [-0.39, 0.29) is 28.2 Å². The molecule has 2 aromatic carbocycles. The number of allylic oxidation sites excluding steroid dienone is 1. The number of hydrogen-bond donors (Lipinski definition) is 1. The lowest BCUT2D eigenvalue weighted by atomic mass is 10.2. The maximum Gasteiger partial charge on any atom is 0.209 e. The highest BCUT2D eigenvalue weighted by molar-refractivity contribution is 6.08. The Morgan fingerprint density at radius 2 is 1.73 bits per heavy atom. The Labute approximate surface area is 171 Å². The predicted molar refractivity (Wildman–Crippen MR) is 113 cm³/mol. The Bertz CT molecular complexity index is 1280. The number of halogens is 1. The molecule has 8 heteroatoms. The van der Waals surface area contributed by atoms with Crippen LogP contribution in [0.1, 0.15) is 5.69 Å². The van der Waals surface area contributed by atoms with Gasteiger partial charge in [-0.3, -0.25) is 4.79 Å². The van der Waals surface area contributed by atoms with Crippen molar-refractivity contribution in [2.45, 2.75) is 0 Å². The summed E-state index contributed by atoms with van der Waals surface area (Å²) in [7, 11) is 0. The summed E-state index contributed by atoms with van der Waals surface area (Å²) in [5.41, 5.74) is 6.57. The Balaban J connectivity index is 1.84. The maximum atomic E-state index is 15.2. The van der Waals surface area contributed by atoms with Gasteiger partial charge in [0.05, 0.1) is 11.4 Å². The van der Waals surface area contributed by atoms with Gasteiger partial charge in [-0.2, -0.15) is 10.2 Å². The molecule has 0 bridgehead atoms. The zero-order valence-electron chi connectivity index (χ0n) is 15.8. The van der Waals surface area contributed by atoms with Crippen molar-refractivity contribution in [3.05, 3.63) is 113 Å². The van der Waals surface area contributed by atoms with Crippen molar-refractivity contribution in [1.82, 2.24) is 19.6 Å². The van der Waals surface area contributed by atoms with Crippen LogP contribution in [0.25, 0.3) is 11.4 Å². The van der Waals surface area contributed by atoms with Crippen molar-refractivity contribution in [2.75, 3.05) is 0 Å². The molecular weight excluding hydrogens is 383 g/mol. The average molecular weight is 400 g/mol. The van der Waals surface area contributed by atoms with Crippen LogP contribution >= 0.6 is 0 Å². The molecule has 0 spiro atoms. The molecule has 0 aliphatic carbocycles. The van der Waals surface area contributed by atoms with Crippen molar-refractivity contribution in [3.63, 3.8) is 0 Å². The molecule has 2 N–H and O–H groups in total. The van der Waals surface area contributed by atoms with E-state index in [2.05, 4.69) is 15.2 Å². The largest absolute Gasteiger partial charge is 0.405 e. The number of nitrogens with zero attached hydrogens (tertiary/aromatic N) is 5. The van der Waals surface area contributed by atoms with Crippen LogP contribution in [0.5, 0.6) is 0 Å². The molecule has 4 rings (SSSR count). The van der Waals surface area contributed by atoms with Crippen LogP contribution in [-0.2, 0) is 0 Å². The van der Waals surface area contributed by atoms with Crippen molar-refractivity contribution in [2.24, 2.45) is 10.7 Å². The molecule has 2 aromatic heterocycles. The molecule has 4 aromatic rings. The van der Waals surface area contributed by atoms with Gasteiger partial charge in [0.2, 0.25) is 5.43 Å². The summed E-state index contributed by atoms with van der Waals surface area (Å²) in [6.07, 6.45) is 7.37. The molecule has 7 nitrogen and oxygen atoms in total. The monoisotopic (exact) mass is 400 g/mol. The van der Waals surface area contributed by atoms with Crippen molar-refractivity contribution >= 4 is 11.4 Å². The number of aliphatic imine (C=N–C) groups is 1. The number of rotatable bonds is 5. The lowest BCUT2D eigenvalue weighted by molar-refractivity contribution is 0.593. The molecule has 0 radical (unpaired) electrons. The molecule has 0 saturated carbocycles. The molecular formula is C22H17FN6O. The maximum absolute atomic E-state index is 15.2. The number of nitrogens with two attached hydrogens (primary N) is 1. The van der Waals surface area contributed by atoms with Crippen molar-refractivity contribution in [3.8, 4) is 11.4 Å². The Kier molecular flexibility index (Phi) is 5.29. The van der Waals surface area contributed by atoms with Crippen LogP contribution in [0, 0.1) is 5.82 Å². The highest BCUT2D eigenvalue weighted by atomic mass is 19.1. The van der Waals surface area contributed by atoms with Gasteiger partial charge in [-0.15, -0.1) is 0 Å². The second kappa shape index (κ2) is 8.36. The van der Waals surface area contributed by atoms with Gasteiger partial charge in [-0.25, -0.2) is 18.7 Å². The topological polar surface area (TPSA) is 91.1 Å². The third-order valence-electron chi connectivity index (χ3n) is 4.27. The van der Waals surface area contributed by atoms with Gasteiger partial charge in [0.25, 0.3) is 0 Å². The van der Waals surface area contributed by atoms with Crippen molar-refractivity contribution in [1.29, 1.82) is 0 Å². The van der Waals surface area contributed by atoms with E-state index in [0.717, 1.165) is 0 Å². The molecule has 0 aliphatic heterocycles. The van der Waals surface area contributed by atoms with Gasteiger partial charge in [0.15, 0.2) is 11.5 Å². The Hall–Kier alpha value is -4.33. The SMILES string of the molecule is NC=CC(=Nc1ccccc1)c1nn(-c2cccc(-n3cccn3)c2F)ccc1=O. The van der Waals surface area contributed by atoms with E-state index in [4.69, 9.17) is 5.73 Å². The summed E-state index contributed by atoms with van der Waals surface area (Å²) in [5.74, 6) is -0.529. The van der Waals surface area contributed by atoms with E-state index >= 15 is 4.39 Å². The number of aromatic nitrogens is 4. The Morgan fingerprint density at radius 1 is 0.967 bits per heavy atom. The van der Waals surface area contributed by atoms with E-state index in [1.54, 1.807) is 48.8 Å². The van der Waals surface area contributed by atoms with Crippen LogP contribution < -0.4 is 11.2 Å². The van der Waals surface area contributed by atoms with E-state index in [0.29, 0.717) is 5.69 Å². The third kappa shape index (κ3) is 3.79. The fourth-order valence-corrected chi connectivity index (χ4v) is 2.89. The summed E-state index contributed by atoms with van der Waals surface area (Å²) in [6.45, 7) is 0. The first-order valence-corrected chi connectivity index (χ1v) is 9.08. The first-order valence-electron chi connectivity index (χ1n) is 9.08. The minimum atomic E-state index is -0.529. The third-order valence-corrected chi connectivity index (χ3v) is 4.27. The summed E-state index contributed by atoms with van der Waals surface area (Å²) in [6, 6.07) is 17.0. The molecule has 148 valence electrons. The van der Waals surface area contributed by atoms with E-state index < -0.39 is 5.82 Å². The number of para-hydroxylation sites is 1. The fraction of sp³-hybridized carbons (Fsp3) is 0. The summed E-state index contributed by atoms with van der Waals surface area (Å²) in [5, 5.41) is 8.41. The molecule has 0 amide bonds. The normalized spacial score (nSPS) is 11.8. The lowest BCUT2D eigenvalue weighted by Crippen LogP contribution is -2.21. The molecule has 0 aliphatic rings.